The van der Waals surface area contributed by atoms with E-state index in [2.05, 4.69) is 10.6 Å². The number of carbonyl (C=O) groups excluding carboxylic acids is 1. The highest BCUT2D eigenvalue weighted by molar-refractivity contribution is 5.90. The van der Waals surface area contributed by atoms with Gasteiger partial charge in [0, 0.05) is 12.2 Å². The van der Waals surface area contributed by atoms with E-state index >= 15 is 0 Å². The fourth-order valence-electron chi connectivity index (χ4n) is 2.41. The lowest BCUT2D eigenvalue weighted by Crippen LogP contribution is -2.36. The van der Waals surface area contributed by atoms with E-state index in [1.807, 2.05) is 63.2 Å². The summed E-state index contributed by atoms with van der Waals surface area (Å²) in [5.74, 6) is 1.61. The molecule has 2 amide bonds. The lowest BCUT2D eigenvalue weighted by molar-refractivity contribution is 0.233. The van der Waals surface area contributed by atoms with Gasteiger partial charge in [-0.1, -0.05) is 0 Å². The van der Waals surface area contributed by atoms with Gasteiger partial charge in [-0.05, 0) is 63.8 Å². The number of hydrogen-bond acceptors (Lipinski definition) is 4. The molecule has 1 heterocycles. The van der Waals surface area contributed by atoms with Crippen LogP contribution in [-0.2, 0) is 0 Å². The summed E-state index contributed by atoms with van der Waals surface area (Å²) in [7, 11) is 3.90. The van der Waals surface area contributed by atoms with Crippen molar-refractivity contribution in [2.45, 2.75) is 19.9 Å². The number of ether oxygens (including phenoxy) is 1. The fraction of sp³-hybridized carbons (Fsp3) is 0.389. The molecule has 6 heteroatoms. The highest BCUT2D eigenvalue weighted by Gasteiger charge is 2.18. The van der Waals surface area contributed by atoms with Gasteiger partial charge in [-0.25, -0.2) is 4.79 Å². The van der Waals surface area contributed by atoms with Crippen LogP contribution in [0.25, 0.3) is 0 Å². The molecule has 0 saturated heterocycles. The Morgan fingerprint density at radius 2 is 2.12 bits per heavy atom. The van der Waals surface area contributed by atoms with Crippen molar-refractivity contribution in [2.75, 3.05) is 32.6 Å². The van der Waals surface area contributed by atoms with Crippen LogP contribution in [0.5, 0.6) is 5.75 Å². The van der Waals surface area contributed by atoms with Gasteiger partial charge in [0.2, 0.25) is 0 Å². The molecule has 2 rings (SSSR count). The first kappa shape index (κ1) is 17.9. The van der Waals surface area contributed by atoms with Crippen molar-refractivity contribution in [1.29, 1.82) is 0 Å². The highest BCUT2D eigenvalue weighted by atomic mass is 16.5. The Kier molecular flexibility index (Phi) is 6.26. The van der Waals surface area contributed by atoms with Gasteiger partial charge < -0.3 is 19.8 Å². The molecule has 1 aromatic carbocycles. The highest BCUT2D eigenvalue weighted by Crippen LogP contribution is 2.21. The first-order valence-electron chi connectivity index (χ1n) is 7.99. The Hall–Kier alpha value is -2.47. The van der Waals surface area contributed by atoms with Crippen molar-refractivity contribution in [1.82, 2.24) is 10.2 Å². The zero-order chi connectivity index (χ0) is 17.5. The van der Waals surface area contributed by atoms with Crippen LogP contribution in [0.15, 0.2) is 41.0 Å². The zero-order valence-electron chi connectivity index (χ0n) is 14.6. The number of hydrogen-bond donors (Lipinski definition) is 2. The molecule has 0 aliphatic heterocycles. The molecular formula is C18H25N3O3. The molecule has 24 heavy (non-hydrogen) atoms. The summed E-state index contributed by atoms with van der Waals surface area (Å²) in [4.78, 5) is 14.2. The molecule has 1 aromatic heterocycles. The van der Waals surface area contributed by atoms with E-state index in [1.165, 1.54) is 0 Å². The third-order valence-electron chi connectivity index (χ3n) is 3.71. The predicted molar refractivity (Wildman–Crippen MR) is 94.5 cm³/mol. The summed E-state index contributed by atoms with van der Waals surface area (Å²) in [5, 5.41) is 5.75. The SMILES string of the molecule is CCOc1ccc(NC(=O)NC[C@H](c2ccco2)N(C)C)c(C)c1. The molecule has 0 aliphatic carbocycles. The largest absolute Gasteiger partial charge is 0.494 e. The summed E-state index contributed by atoms with van der Waals surface area (Å²) in [6, 6.07) is 9.07. The average Bonchev–Trinajstić information content (AvgIpc) is 3.04. The van der Waals surface area contributed by atoms with E-state index < -0.39 is 0 Å². The smallest absolute Gasteiger partial charge is 0.319 e. The Labute approximate surface area is 142 Å². The molecule has 0 unspecified atom stereocenters. The first-order valence-corrected chi connectivity index (χ1v) is 7.99. The van der Waals surface area contributed by atoms with Crippen molar-refractivity contribution in [2.24, 2.45) is 0 Å². The van der Waals surface area contributed by atoms with Gasteiger partial charge in [-0.15, -0.1) is 0 Å². The van der Waals surface area contributed by atoms with Crippen molar-refractivity contribution < 1.29 is 13.9 Å². The molecule has 2 aromatic rings. The molecule has 0 fully saturated rings. The fourth-order valence-corrected chi connectivity index (χ4v) is 2.41. The molecule has 130 valence electrons. The summed E-state index contributed by atoms with van der Waals surface area (Å²) in [6.45, 7) is 4.94. The minimum Gasteiger partial charge on any atom is -0.494 e. The zero-order valence-corrected chi connectivity index (χ0v) is 14.6. The van der Waals surface area contributed by atoms with Gasteiger partial charge in [0.1, 0.15) is 11.5 Å². The molecule has 2 N–H and O–H groups in total. The van der Waals surface area contributed by atoms with E-state index in [-0.39, 0.29) is 12.1 Å². The number of likely N-dealkylation sites (N-methyl/N-ethyl adjacent to an activating group) is 1. The minimum absolute atomic E-state index is 0.0211. The first-order chi connectivity index (χ1) is 11.5. The van der Waals surface area contributed by atoms with Crippen LogP contribution in [0.1, 0.15) is 24.3 Å². The van der Waals surface area contributed by atoms with Gasteiger partial charge in [0.25, 0.3) is 0 Å². The number of benzene rings is 1. The standard InChI is InChI=1S/C18H25N3O3/c1-5-23-14-8-9-15(13(2)11-14)20-18(22)19-12-16(21(3)4)17-7-6-10-24-17/h6-11,16H,5,12H2,1-4H3,(H2,19,20,22)/t16-/m1/s1. The van der Waals surface area contributed by atoms with Crippen LogP contribution in [0.4, 0.5) is 10.5 Å². The van der Waals surface area contributed by atoms with Crippen LogP contribution >= 0.6 is 0 Å². The normalized spacial score (nSPS) is 12.0. The summed E-state index contributed by atoms with van der Waals surface area (Å²) >= 11 is 0. The van der Waals surface area contributed by atoms with Crippen molar-refractivity contribution >= 4 is 11.7 Å². The summed E-state index contributed by atoms with van der Waals surface area (Å²) < 4.78 is 10.9. The van der Waals surface area contributed by atoms with Crippen LogP contribution in [0, 0.1) is 6.92 Å². The molecule has 1 atom stereocenters. The molecule has 0 bridgehead atoms. The molecular weight excluding hydrogens is 306 g/mol. The lowest BCUT2D eigenvalue weighted by Gasteiger charge is -2.22. The van der Waals surface area contributed by atoms with E-state index in [0.29, 0.717) is 13.2 Å². The topological polar surface area (TPSA) is 66.7 Å². The number of aryl methyl sites for hydroxylation is 1. The minimum atomic E-state index is -0.249. The van der Waals surface area contributed by atoms with Crippen LogP contribution in [0.2, 0.25) is 0 Å². The summed E-state index contributed by atoms with van der Waals surface area (Å²) in [5.41, 5.74) is 1.71. The van der Waals surface area contributed by atoms with E-state index in [4.69, 9.17) is 9.15 Å². The second-order valence-corrected chi connectivity index (χ2v) is 5.74. The number of anilines is 1. The number of amides is 2. The second-order valence-electron chi connectivity index (χ2n) is 5.74. The van der Waals surface area contributed by atoms with Gasteiger partial charge in [-0.2, -0.15) is 0 Å². The quantitative estimate of drug-likeness (QED) is 0.816. The summed E-state index contributed by atoms with van der Waals surface area (Å²) in [6.07, 6.45) is 1.63. The van der Waals surface area contributed by atoms with E-state index in [0.717, 1.165) is 22.8 Å². The van der Waals surface area contributed by atoms with Crippen LogP contribution in [-0.4, -0.2) is 38.2 Å². The van der Waals surface area contributed by atoms with Crippen molar-refractivity contribution in [3.05, 3.63) is 47.9 Å². The number of furan rings is 1. The van der Waals surface area contributed by atoms with E-state index in [1.54, 1.807) is 6.26 Å². The molecule has 0 radical (unpaired) electrons. The van der Waals surface area contributed by atoms with Crippen LogP contribution < -0.4 is 15.4 Å². The molecule has 0 aliphatic rings. The average molecular weight is 331 g/mol. The number of carbonyl (C=O) groups is 1. The Morgan fingerprint density at radius 1 is 1.33 bits per heavy atom. The maximum Gasteiger partial charge on any atom is 0.319 e. The monoisotopic (exact) mass is 331 g/mol. The number of urea groups is 1. The van der Waals surface area contributed by atoms with Crippen LogP contribution in [0.3, 0.4) is 0 Å². The predicted octanol–water partition coefficient (Wildman–Crippen LogP) is 3.41. The second kappa shape index (κ2) is 8.40. The molecule has 0 saturated carbocycles. The third-order valence-corrected chi connectivity index (χ3v) is 3.71. The number of nitrogens with one attached hydrogen (secondary N) is 2. The molecule has 0 spiro atoms. The number of nitrogens with zero attached hydrogens (tertiary/aromatic N) is 1. The maximum absolute atomic E-state index is 12.2. The van der Waals surface area contributed by atoms with Crippen molar-refractivity contribution in [3.8, 4) is 5.75 Å². The number of rotatable bonds is 7. The lowest BCUT2D eigenvalue weighted by atomic mass is 10.2. The van der Waals surface area contributed by atoms with E-state index in [9.17, 15) is 4.79 Å². The van der Waals surface area contributed by atoms with Gasteiger partial charge in [0.05, 0.1) is 18.9 Å². The third kappa shape index (κ3) is 4.76. The van der Waals surface area contributed by atoms with Gasteiger partial charge >= 0.3 is 6.03 Å². The van der Waals surface area contributed by atoms with Crippen molar-refractivity contribution in [3.63, 3.8) is 0 Å². The molecule has 6 nitrogen and oxygen atoms in total. The Morgan fingerprint density at radius 3 is 2.71 bits per heavy atom. The van der Waals surface area contributed by atoms with Gasteiger partial charge in [0.15, 0.2) is 0 Å². The Bertz CT molecular complexity index is 654. The Balaban J connectivity index is 1.93. The van der Waals surface area contributed by atoms with Gasteiger partial charge in [-0.3, -0.25) is 4.90 Å². The maximum atomic E-state index is 12.2.